The molecule has 5 heteroatoms. The molecule has 1 unspecified atom stereocenters. The maximum atomic E-state index is 13.4. The molecule has 0 saturated carbocycles. The molecule has 4 rings (SSSR count). The zero-order valence-corrected chi connectivity index (χ0v) is 20.6. The molecule has 0 bridgehead atoms. The van der Waals surface area contributed by atoms with Crippen molar-refractivity contribution < 1.29 is 9.53 Å². The van der Waals surface area contributed by atoms with Gasteiger partial charge in [0.1, 0.15) is 5.75 Å². The number of amides is 1. The van der Waals surface area contributed by atoms with E-state index in [1.165, 1.54) is 11.1 Å². The molecule has 1 saturated heterocycles. The Labute approximate surface area is 197 Å². The molecule has 2 heterocycles. The number of aromatic amines is 1. The van der Waals surface area contributed by atoms with E-state index in [9.17, 15) is 4.79 Å². The lowest BCUT2D eigenvalue weighted by Gasteiger charge is -2.35. The third-order valence-corrected chi connectivity index (χ3v) is 7.03. The van der Waals surface area contributed by atoms with Crippen LogP contribution in [0.2, 0.25) is 0 Å². The van der Waals surface area contributed by atoms with Crippen LogP contribution in [0.1, 0.15) is 56.7 Å². The lowest BCUT2D eigenvalue weighted by molar-refractivity contribution is -0.133. The number of carbonyl (C=O) groups is 1. The molecule has 1 aromatic heterocycles. The Morgan fingerprint density at radius 2 is 1.76 bits per heavy atom. The normalized spacial score (nSPS) is 16.2. The molecular weight excluding hydrogens is 410 g/mol. The Morgan fingerprint density at radius 3 is 2.36 bits per heavy atom. The maximum absolute atomic E-state index is 13.4. The van der Waals surface area contributed by atoms with Crippen LogP contribution in [0.25, 0.3) is 10.9 Å². The van der Waals surface area contributed by atoms with Crippen LogP contribution in [0.15, 0.2) is 48.7 Å². The number of nitrogens with zero attached hydrogens (tertiary/aromatic N) is 2. The van der Waals surface area contributed by atoms with Crippen LogP contribution in [0, 0.1) is 0 Å². The minimum Gasteiger partial charge on any atom is -0.497 e. The number of hydrogen-bond donors (Lipinski definition) is 1. The summed E-state index contributed by atoms with van der Waals surface area (Å²) in [4.78, 5) is 21.3. The first-order valence-electron chi connectivity index (χ1n) is 12.1. The number of ether oxygens (including phenoxy) is 1. The molecule has 3 aromatic rings. The summed E-state index contributed by atoms with van der Waals surface area (Å²) in [5.41, 5.74) is 4.77. The van der Waals surface area contributed by atoms with Gasteiger partial charge in [-0.2, -0.15) is 0 Å². The van der Waals surface area contributed by atoms with E-state index < -0.39 is 0 Å². The van der Waals surface area contributed by atoms with E-state index in [1.807, 2.05) is 17.0 Å². The Kier molecular flexibility index (Phi) is 6.80. The van der Waals surface area contributed by atoms with Crippen LogP contribution in [-0.2, 0) is 10.2 Å². The van der Waals surface area contributed by atoms with Crippen molar-refractivity contribution in [3.63, 3.8) is 0 Å². The van der Waals surface area contributed by atoms with Crippen LogP contribution in [0.5, 0.6) is 5.75 Å². The SMILES string of the molecule is CCN1CCN(C(=O)CC(c2ccc(C(C)(C)C)cc2)c2c[nH]c3ccc(OC)cc23)CC1. The van der Waals surface area contributed by atoms with Gasteiger partial charge >= 0.3 is 0 Å². The van der Waals surface area contributed by atoms with Gasteiger partial charge in [-0.25, -0.2) is 0 Å². The van der Waals surface area contributed by atoms with Crippen molar-refractivity contribution in [2.75, 3.05) is 39.8 Å². The van der Waals surface area contributed by atoms with E-state index in [4.69, 9.17) is 4.74 Å². The number of aromatic nitrogens is 1. The van der Waals surface area contributed by atoms with Gasteiger partial charge in [-0.05, 0) is 46.8 Å². The van der Waals surface area contributed by atoms with Crippen molar-refractivity contribution in [3.05, 3.63) is 65.4 Å². The summed E-state index contributed by atoms with van der Waals surface area (Å²) >= 11 is 0. The Bertz CT molecular complexity index is 1090. The number of nitrogens with one attached hydrogen (secondary N) is 1. The highest BCUT2D eigenvalue weighted by atomic mass is 16.5. The number of piperazine rings is 1. The first kappa shape index (κ1) is 23.4. The predicted molar refractivity (Wildman–Crippen MR) is 135 cm³/mol. The summed E-state index contributed by atoms with van der Waals surface area (Å²) in [5.74, 6) is 1.04. The maximum Gasteiger partial charge on any atom is 0.223 e. The number of likely N-dealkylation sites (N-methyl/N-ethyl adjacent to an activating group) is 1. The summed E-state index contributed by atoms with van der Waals surface area (Å²) in [6.07, 6.45) is 2.53. The van der Waals surface area contributed by atoms with E-state index in [1.54, 1.807) is 7.11 Å². The topological polar surface area (TPSA) is 48.6 Å². The monoisotopic (exact) mass is 447 g/mol. The second-order valence-corrected chi connectivity index (χ2v) is 10.1. The second-order valence-electron chi connectivity index (χ2n) is 10.1. The fourth-order valence-electron chi connectivity index (χ4n) is 4.78. The first-order valence-corrected chi connectivity index (χ1v) is 12.1. The predicted octanol–water partition coefficient (Wildman–Crippen LogP) is 5.16. The molecule has 1 aliphatic rings. The van der Waals surface area contributed by atoms with Crippen molar-refractivity contribution in [2.24, 2.45) is 0 Å². The number of H-pyrrole nitrogens is 1. The molecule has 1 aliphatic heterocycles. The van der Waals surface area contributed by atoms with Gasteiger partial charge in [0, 0.05) is 55.6 Å². The molecule has 2 aromatic carbocycles. The molecule has 1 amide bonds. The molecular formula is C28H37N3O2. The number of benzene rings is 2. The molecule has 0 radical (unpaired) electrons. The highest BCUT2D eigenvalue weighted by molar-refractivity contribution is 5.87. The average molecular weight is 448 g/mol. The molecule has 0 aliphatic carbocycles. The van der Waals surface area contributed by atoms with Crippen molar-refractivity contribution in [1.29, 1.82) is 0 Å². The van der Waals surface area contributed by atoms with Crippen LogP contribution >= 0.6 is 0 Å². The van der Waals surface area contributed by atoms with Crippen molar-refractivity contribution >= 4 is 16.8 Å². The van der Waals surface area contributed by atoms with E-state index in [0.717, 1.165) is 54.9 Å². The fraction of sp³-hybridized carbons (Fsp3) is 0.464. The van der Waals surface area contributed by atoms with Gasteiger partial charge in [-0.15, -0.1) is 0 Å². The number of hydrogen-bond acceptors (Lipinski definition) is 3. The number of rotatable bonds is 6. The van der Waals surface area contributed by atoms with Crippen molar-refractivity contribution in [1.82, 2.24) is 14.8 Å². The van der Waals surface area contributed by atoms with Gasteiger partial charge in [0.15, 0.2) is 0 Å². The lowest BCUT2D eigenvalue weighted by Crippen LogP contribution is -2.48. The molecule has 33 heavy (non-hydrogen) atoms. The zero-order valence-electron chi connectivity index (χ0n) is 20.6. The minimum atomic E-state index is -0.0171. The number of fused-ring (bicyclic) bond motifs is 1. The summed E-state index contributed by atoms with van der Waals surface area (Å²) in [6, 6.07) is 14.9. The van der Waals surface area contributed by atoms with Crippen LogP contribution in [0.4, 0.5) is 0 Å². The third kappa shape index (κ3) is 5.09. The first-order chi connectivity index (χ1) is 15.8. The number of carbonyl (C=O) groups excluding carboxylic acids is 1. The van der Waals surface area contributed by atoms with Gasteiger partial charge in [-0.3, -0.25) is 4.79 Å². The Balaban J connectivity index is 1.68. The summed E-state index contributed by atoms with van der Waals surface area (Å²) < 4.78 is 5.49. The summed E-state index contributed by atoms with van der Waals surface area (Å²) in [7, 11) is 1.69. The van der Waals surface area contributed by atoms with Gasteiger partial charge < -0.3 is 19.5 Å². The smallest absolute Gasteiger partial charge is 0.223 e. The highest BCUT2D eigenvalue weighted by Gasteiger charge is 2.27. The van der Waals surface area contributed by atoms with E-state index in [0.29, 0.717) is 6.42 Å². The van der Waals surface area contributed by atoms with E-state index in [2.05, 4.69) is 74.1 Å². The van der Waals surface area contributed by atoms with Gasteiger partial charge in [0.2, 0.25) is 5.91 Å². The molecule has 5 nitrogen and oxygen atoms in total. The van der Waals surface area contributed by atoms with Gasteiger partial charge in [0.05, 0.1) is 7.11 Å². The van der Waals surface area contributed by atoms with Gasteiger partial charge in [0.25, 0.3) is 0 Å². The highest BCUT2D eigenvalue weighted by Crippen LogP contribution is 2.36. The standard InChI is InChI=1S/C28H37N3O2/c1-6-30-13-15-31(16-14-30)27(32)18-23(20-7-9-21(10-8-20)28(2,3)4)25-19-29-26-12-11-22(33-5)17-24(25)26/h7-12,17,19,23,29H,6,13-16,18H2,1-5H3. The summed E-state index contributed by atoms with van der Waals surface area (Å²) in [5, 5.41) is 1.11. The minimum absolute atomic E-state index is 0.0171. The Morgan fingerprint density at radius 1 is 1.06 bits per heavy atom. The second kappa shape index (κ2) is 9.60. The van der Waals surface area contributed by atoms with Crippen LogP contribution < -0.4 is 4.74 Å². The van der Waals surface area contributed by atoms with Crippen LogP contribution in [-0.4, -0.2) is 60.5 Å². The molecule has 1 N–H and O–H groups in total. The van der Waals surface area contributed by atoms with Gasteiger partial charge in [-0.1, -0.05) is 52.0 Å². The van der Waals surface area contributed by atoms with E-state index >= 15 is 0 Å². The summed E-state index contributed by atoms with van der Waals surface area (Å²) in [6.45, 7) is 13.4. The fourth-order valence-corrected chi connectivity index (χ4v) is 4.78. The quantitative estimate of drug-likeness (QED) is 0.568. The van der Waals surface area contributed by atoms with E-state index in [-0.39, 0.29) is 17.2 Å². The van der Waals surface area contributed by atoms with Crippen LogP contribution in [0.3, 0.4) is 0 Å². The van der Waals surface area contributed by atoms with Crippen molar-refractivity contribution in [2.45, 2.75) is 45.4 Å². The Hall–Kier alpha value is -2.79. The average Bonchev–Trinajstić information content (AvgIpc) is 3.25. The molecule has 0 spiro atoms. The molecule has 1 atom stereocenters. The lowest BCUT2D eigenvalue weighted by atomic mass is 9.83. The largest absolute Gasteiger partial charge is 0.497 e. The third-order valence-electron chi connectivity index (χ3n) is 7.03. The van der Waals surface area contributed by atoms with Crippen molar-refractivity contribution in [3.8, 4) is 5.75 Å². The zero-order chi connectivity index (χ0) is 23.6. The molecule has 1 fully saturated rings. The number of methoxy groups -OCH3 is 1. The molecule has 176 valence electrons.